The number of hydrogen-bond acceptors (Lipinski definition) is 4. The summed E-state index contributed by atoms with van der Waals surface area (Å²) in [4.78, 5) is 21.6. The number of rotatable bonds is 4. The van der Waals surface area contributed by atoms with E-state index in [0.29, 0.717) is 23.4 Å². The summed E-state index contributed by atoms with van der Waals surface area (Å²) in [5, 5.41) is 8.44. The van der Waals surface area contributed by atoms with Gasteiger partial charge in [0.25, 0.3) is 5.91 Å². The van der Waals surface area contributed by atoms with E-state index in [0.717, 1.165) is 22.3 Å². The SMILES string of the molecule is Cc1cc(C(=O)Nc2cccnc2Cl)c2c(C)nn(Cc3ccccc3)c2n1. The van der Waals surface area contributed by atoms with Gasteiger partial charge in [0.15, 0.2) is 10.8 Å². The predicted molar refractivity (Wildman–Crippen MR) is 110 cm³/mol. The predicted octanol–water partition coefficient (Wildman–Crippen LogP) is 4.40. The number of nitrogens with zero attached hydrogens (tertiary/aromatic N) is 4. The first-order valence-corrected chi connectivity index (χ1v) is 9.21. The molecule has 1 N–H and O–H groups in total. The number of pyridine rings is 2. The summed E-state index contributed by atoms with van der Waals surface area (Å²) in [5.41, 5.74) is 4.27. The minimum atomic E-state index is -0.271. The molecule has 0 spiro atoms. The molecule has 4 rings (SSSR count). The van der Waals surface area contributed by atoms with Crippen LogP contribution < -0.4 is 5.32 Å². The van der Waals surface area contributed by atoms with Crippen LogP contribution in [0.2, 0.25) is 5.15 Å². The van der Waals surface area contributed by atoms with Crippen molar-refractivity contribution >= 4 is 34.2 Å². The van der Waals surface area contributed by atoms with Crippen LogP contribution in [0, 0.1) is 13.8 Å². The van der Waals surface area contributed by atoms with Crippen LogP contribution in [0.1, 0.15) is 27.3 Å². The smallest absolute Gasteiger partial charge is 0.256 e. The van der Waals surface area contributed by atoms with Gasteiger partial charge in [-0.2, -0.15) is 5.10 Å². The Bertz CT molecular complexity index is 1170. The number of aromatic nitrogens is 4. The maximum Gasteiger partial charge on any atom is 0.256 e. The van der Waals surface area contributed by atoms with Gasteiger partial charge >= 0.3 is 0 Å². The van der Waals surface area contributed by atoms with Crippen LogP contribution in [0.15, 0.2) is 54.7 Å². The van der Waals surface area contributed by atoms with Crippen LogP contribution in [0.5, 0.6) is 0 Å². The number of aryl methyl sites for hydroxylation is 2. The molecule has 0 aliphatic rings. The number of halogens is 1. The topological polar surface area (TPSA) is 72.7 Å². The summed E-state index contributed by atoms with van der Waals surface area (Å²) in [7, 11) is 0. The molecule has 0 atom stereocenters. The Kier molecular flexibility index (Phi) is 4.79. The number of anilines is 1. The fraction of sp³-hybridized carbons (Fsp3) is 0.143. The third-order valence-electron chi connectivity index (χ3n) is 4.43. The number of fused-ring (bicyclic) bond motifs is 1. The van der Waals surface area contributed by atoms with Gasteiger partial charge in [0, 0.05) is 11.9 Å². The summed E-state index contributed by atoms with van der Waals surface area (Å²) >= 11 is 6.08. The highest BCUT2D eigenvalue weighted by Crippen LogP contribution is 2.25. The molecule has 4 aromatic rings. The molecule has 0 saturated heterocycles. The molecule has 0 unspecified atom stereocenters. The Balaban J connectivity index is 1.77. The van der Waals surface area contributed by atoms with E-state index in [2.05, 4.69) is 20.4 Å². The van der Waals surface area contributed by atoms with Gasteiger partial charge in [-0.3, -0.25) is 4.79 Å². The number of carbonyl (C=O) groups excluding carboxylic acids is 1. The van der Waals surface area contributed by atoms with E-state index >= 15 is 0 Å². The van der Waals surface area contributed by atoms with E-state index in [1.54, 1.807) is 24.4 Å². The second kappa shape index (κ2) is 7.40. The zero-order chi connectivity index (χ0) is 19.7. The standard InChI is InChI=1S/C21H18ClN5O/c1-13-11-16(21(28)25-17-9-6-10-23-19(17)22)18-14(2)26-27(20(18)24-13)12-15-7-4-3-5-8-15/h3-11H,12H2,1-2H3,(H,25,28). The minimum absolute atomic E-state index is 0.245. The number of nitrogens with one attached hydrogen (secondary N) is 1. The highest BCUT2D eigenvalue weighted by Gasteiger charge is 2.19. The molecule has 0 saturated carbocycles. The van der Waals surface area contributed by atoms with Crippen LogP contribution in [0.3, 0.4) is 0 Å². The molecule has 3 heterocycles. The second-order valence-electron chi connectivity index (χ2n) is 6.53. The van der Waals surface area contributed by atoms with Crippen molar-refractivity contribution < 1.29 is 4.79 Å². The molecule has 0 fully saturated rings. The lowest BCUT2D eigenvalue weighted by Crippen LogP contribution is -2.14. The average molecular weight is 392 g/mol. The lowest BCUT2D eigenvalue weighted by Gasteiger charge is -2.09. The molecule has 1 aromatic carbocycles. The first-order chi connectivity index (χ1) is 13.5. The third kappa shape index (κ3) is 3.46. The quantitative estimate of drug-likeness (QED) is 0.523. The van der Waals surface area contributed by atoms with Gasteiger partial charge in [-0.05, 0) is 37.6 Å². The Morgan fingerprint density at radius 2 is 1.93 bits per heavy atom. The van der Waals surface area contributed by atoms with Crippen molar-refractivity contribution in [2.75, 3.05) is 5.32 Å². The van der Waals surface area contributed by atoms with Gasteiger partial charge in [-0.25, -0.2) is 14.6 Å². The Morgan fingerprint density at radius 1 is 1.14 bits per heavy atom. The van der Waals surface area contributed by atoms with Crippen LogP contribution in [-0.4, -0.2) is 25.7 Å². The monoisotopic (exact) mass is 391 g/mol. The van der Waals surface area contributed by atoms with Gasteiger partial charge in [0.05, 0.1) is 28.9 Å². The van der Waals surface area contributed by atoms with E-state index < -0.39 is 0 Å². The van der Waals surface area contributed by atoms with Crippen molar-refractivity contribution in [3.63, 3.8) is 0 Å². The molecule has 140 valence electrons. The lowest BCUT2D eigenvalue weighted by molar-refractivity contribution is 0.102. The van der Waals surface area contributed by atoms with E-state index in [9.17, 15) is 4.79 Å². The van der Waals surface area contributed by atoms with Crippen molar-refractivity contribution in [1.29, 1.82) is 0 Å². The van der Waals surface area contributed by atoms with Gasteiger partial charge in [-0.1, -0.05) is 41.9 Å². The van der Waals surface area contributed by atoms with Crippen molar-refractivity contribution in [3.8, 4) is 0 Å². The lowest BCUT2D eigenvalue weighted by atomic mass is 10.1. The molecule has 3 aromatic heterocycles. The Labute approximate surface area is 167 Å². The molecule has 0 bridgehead atoms. The molecule has 1 amide bonds. The van der Waals surface area contributed by atoms with Crippen LogP contribution in [-0.2, 0) is 6.54 Å². The van der Waals surface area contributed by atoms with Gasteiger partial charge in [-0.15, -0.1) is 0 Å². The molecule has 6 nitrogen and oxygen atoms in total. The third-order valence-corrected chi connectivity index (χ3v) is 4.73. The van der Waals surface area contributed by atoms with Crippen molar-refractivity contribution in [2.45, 2.75) is 20.4 Å². The molecule has 0 radical (unpaired) electrons. The van der Waals surface area contributed by atoms with Crippen LogP contribution in [0.4, 0.5) is 5.69 Å². The fourth-order valence-electron chi connectivity index (χ4n) is 3.19. The van der Waals surface area contributed by atoms with Crippen LogP contribution >= 0.6 is 11.6 Å². The summed E-state index contributed by atoms with van der Waals surface area (Å²) < 4.78 is 1.83. The molecule has 28 heavy (non-hydrogen) atoms. The molecule has 7 heteroatoms. The van der Waals surface area contributed by atoms with Crippen molar-refractivity contribution in [1.82, 2.24) is 19.7 Å². The van der Waals surface area contributed by atoms with E-state index in [1.807, 2.05) is 48.9 Å². The maximum atomic E-state index is 13.0. The normalized spacial score (nSPS) is 11.0. The number of amides is 1. The van der Waals surface area contributed by atoms with E-state index in [1.165, 1.54) is 0 Å². The Hall–Kier alpha value is -3.25. The summed E-state index contributed by atoms with van der Waals surface area (Å²) in [5.74, 6) is -0.271. The maximum absolute atomic E-state index is 13.0. The van der Waals surface area contributed by atoms with Gasteiger partial charge in [0.2, 0.25) is 0 Å². The second-order valence-corrected chi connectivity index (χ2v) is 6.89. The highest BCUT2D eigenvalue weighted by atomic mass is 35.5. The summed E-state index contributed by atoms with van der Waals surface area (Å²) in [6, 6.07) is 15.2. The molecule has 0 aliphatic heterocycles. The van der Waals surface area contributed by atoms with Crippen molar-refractivity contribution in [2.24, 2.45) is 0 Å². The van der Waals surface area contributed by atoms with Crippen molar-refractivity contribution in [3.05, 3.63) is 82.4 Å². The molecule has 0 aliphatic carbocycles. The largest absolute Gasteiger partial charge is 0.319 e. The first-order valence-electron chi connectivity index (χ1n) is 8.83. The number of benzene rings is 1. The molecular weight excluding hydrogens is 374 g/mol. The fourth-order valence-corrected chi connectivity index (χ4v) is 3.36. The first kappa shape index (κ1) is 18.1. The van der Waals surface area contributed by atoms with Crippen LogP contribution in [0.25, 0.3) is 11.0 Å². The zero-order valence-corrected chi connectivity index (χ0v) is 16.2. The highest BCUT2D eigenvalue weighted by molar-refractivity contribution is 6.32. The number of hydrogen-bond donors (Lipinski definition) is 1. The number of carbonyl (C=O) groups is 1. The molecular formula is C21H18ClN5O. The minimum Gasteiger partial charge on any atom is -0.319 e. The van der Waals surface area contributed by atoms with E-state index in [4.69, 9.17) is 11.6 Å². The zero-order valence-electron chi connectivity index (χ0n) is 15.5. The summed E-state index contributed by atoms with van der Waals surface area (Å²) in [6.45, 7) is 4.33. The average Bonchev–Trinajstić information content (AvgIpc) is 2.99. The van der Waals surface area contributed by atoms with Gasteiger partial charge < -0.3 is 5.32 Å². The summed E-state index contributed by atoms with van der Waals surface area (Å²) in [6.07, 6.45) is 1.57. The van der Waals surface area contributed by atoms with Gasteiger partial charge in [0.1, 0.15) is 0 Å². The Morgan fingerprint density at radius 3 is 2.68 bits per heavy atom. The van der Waals surface area contributed by atoms with E-state index in [-0.39, 0.29) is 11.1 Å².